The van der Waals surface area contributed by atoms with Gasteiger partial charge in [0.15, 0.2) is 0 Å². The zero-order valence-electron chi connectivity index (χ0n) is 14.3. The Balaban J connectivity index is 1.53. The molecule has 1 aliphatic carbocycles. The van der Waals surface area contributed by atoms with E-state index in [1.54, 1.807) is 7.11 Å². The van der Waals surface area contributed by atoms with E-state index in [2.05, 4.69) is 27.2 Å². The molecule has 2 aliphatic rings. The molecule has 0 N–H and O–H groups in total. The number of benzene rings is 1. The summed E-state index contributed by atoms with van der Waals surface area (Å²) in [7, 11) is 1.73. The Kier molecular flexibility index (Phi) is 4.52. The molecule has 0 unspecified atom stereocenters. The molecule has 24 heavy (non-hydrogen) atoms. The molecule has 1 atom stereocenters. The molecule has 128 valence electrons. The van der Waals surface area contributed by atoms with Crippen molar-refractivity contribution in [2.45, 2.75) is 57.0 Å². The molecule has 1 aromatic heterocycles. The normalized spacial score (nSPS) is 22.3. The van der Waals surface area contributed by atoms with Gasteiger partial charge in [0, 0.05) is 18.0 Å². The summed E-state index contributed by atoms with van der Waals surface area (Å²) in [6, 6.07) is 8.47. The van der Waals surface area contributed by atoms with E-state index >= 15 is 0 Å². The van der Waals surface area contributed by atoms with Crippen LogP contribution in [0.3, 0.4) is 0 Å². The average Bonchev–Trinajstić information content (AvgIpc) is 3.03. The summed E-state index contributed by atoms with van der Waals surface area (Å²) in [6.45, 7) is 1.92. The Hall–Kier alpha value is -1.88. The molecule has 5 nitrogen and oxygen atoms in total. The third-order valence-corrected chi connectivity index (χ3v) is 5.38. The molecule has 1 saturated heterocycles. The molecule has 5 heteroatoms. The first-order chi connectivity index (χ1) is 11.8. The van der Waals surface area contributed by atoms with Crippen LogP contribution in [0.25, 0.3) is 0 Å². The summed E-state index contributed by atoms with van der Waals surface area (Å²) < 4.78 is 11.6. The minimum atomic E-state index is 0.227. The SMILES string of the molecule is COc1ccccc1CN1CCCC[C@@H]1c1nnc(C2CCC2)o1. The predicted octanol–water partition coefficient (Wildman–Crippen LogP) is 4.07. The van der Waals surface area contributed by atoms with Crippen molar-refractivity contribution in [1.29, 1.82) is 0 Å². The van der Waals surface area contributed by atoms with Crippen LogP contribution in [0.5, 0.6) is 5.75 Å². The van der Waals surface area contributed by atoms with E-state index < -0.39 is 0 Å². The van der Waals surface area contributed by atoms with Gasteiger partial charge >= 0.3 is 0 Å². The number of hydrogen-bond acceptors (Lipinski definition) is 5. The smallest absolute Gasteiger partial charge is 0.233 e. The quantitative estimate of drug-likeness (QED) is 0.828. The fourth-order valence-corrected chi connectivity index (χ4v) is 3.71. The summed E-state index contributed by atoms with van der Waals surface area (Å²) in [6.07, 6.45) is 7.19. The Morgan fingerprint density at radius 2 is 1.92 bits per heavy atom. The minimum Gasteiger partial charge on any atom is -0.496 e. The Bertz CT molecular complexity index is 681. The van der Waals surface area contributed by atoms with Crippen molar-refractivity contribution < 1.29 is 9.15 Å². The van der Waals surface area contributed by atoms with E-state index in [1.807, 2.05) is 12.1 Å². The van der Waals surface area contributed by atoms with Crippen molar-refractivity contribution in [2.24, 2.45) is 0 Å². The first-order valence-electron chi connectivity index (χ1n) is 9.04. The van der Waals surface area contributed by atoms with E-state index in [9.17, 15) is 0 Å². The summed E-state index contributed by atoms with van der Waals surface area (Å²) in [4.78, 5) is 2.46. The standard InChI is InChI=1S/C19H25N3O2/c1-23-17-11-3-2-7-15(17)13-22-12-5-4-10-16(22)19-21-20-18(24-19)14-8-6-9-14/h2-3,7,11,14,16H,4-6,8-10,12-13H2,1H3/t16-/m1/s1. The highest BCUT2D eigenvalue weighted by Gasteiger charge is 2.31. The van der Waals surface area contributed by atoms with Gasteiger partial charge in [0.2, 0.25) is 11.8 Å². The average molecular weight is 327 g/mol. The van der Waals surface area contributed by atoms with Crippen LogP contribution in [-0.2, 0) is 6.54 Å². The fourth-order valence-electron chi connectivity index (χ4n) is 3.71. The van der Waals surface area contributed by atoms with Crippen molar-refractivity contribution in [3.8, 4) is 5.75 Å². The Labute approximate surface area is 143 Å². The number of hydrogen-bond donors (Lipinski definition) is 0. The highest BCUT2D eigenvalue weighted by atomic mass is 16.5. The van der Waals surface area contributed by atoms with E-state index in [1.165, 1.54) is 37.7 Å². The number of piperidine rings is 1. The molecular formula is C19H25N3O2. The second-order valence-electron chi connectivity index (χ2n) is 6.90. The largest absolute Gasteiger partial charge is 0.496 e. The fraction of sp³-hybridized carbons (Fsp3) is 0.579. The van der Waals surface area contributed by atoms with Gasteiger partial charge in [0.1, 0.15) is 5.75 Å². The van der Waals surface area contributed by atoms with E-state index in [0.29, 0.717) is 5.92 Å². The molecule has 2 fully saturated rings. The van der Waals surface area contributed by atoms with Gasteiger partial charge in [0.25, 0.3) is 0 Å². The van der Waals surface area contributed by atoms with Gasteiger partial charge in [-0.1, -0.05) is 31.0 Å². The first-order valence-corrected chi connectivity index (χ1v) is 9.04. The van der Waals surface area contributed by atoms with E-state index in [0.717, 1.165) is 37.0 Å². The summed E-state index contributed by atoms with van der Waals surface area (Å²) in [5.41, 5.74) is 1.21. The highest BCUT2D eigenvalue weighted by Crippen LogP contribution is 2.38. The Morgan fingerprint density at radius 3 is 2.71 bits per heavy atom. The van der Waals surface area contributed by atoms with E-state index in [-0.39, 0.29) is 6.04 Å². The number of para-hydroxylation sites is 1. The zero-order valence-corrected chi connectivity index (χ0v) is 14.3. The maximum absolute atomic E-state index is 6.06. The number of likely N-dealkylation sites (tertiary alicyclic amines) is 1. The van der Waals surface area contributed by atoms with Crippen LogP contribution >= 0.6 is 0 Å². The third kappa shape index (κ3) is 3.05. The van der Waals surface area contributed by atoms with Gasteiger partial charge in [0.05, 0.1) is 13.2 Å². The maximum atomic E-state index is 6.06. The molecule has 0 radical (unpaired) electrons. The van der Waals surface area contributed by atoms with Crippen LogP contribution < -0.4 is 4.74 Å². The molecule has 2 aromatic rings. The predicted molar refractivity (Wildman–Crippen MR) is 90.9 cm³/mol. The lowest BCUT2D eigenvalue weighted by Gasteiger charge is -2.33. The van der Waals surface area contributed by atoms with Gasteiger partial charge in [-0.05, 0) is 38.3 Å². The second kappa shape index (κ2) is 6.93. The number of ether oxygens (including phenoxy) is 1. The van der Waals surface area contributed by atoms with Gasteiger partial charge in [-0.3, -0.25) is 4.90 Å². The van der Waals surface area contributed by atoms with Crippen LogP contribution in [0.1, 0.15) is 67.8 Å². The number of methoxy groups -OCH3 is 1. The number of aromatic nitrogens is 2. The molecular weight excluding hydrogens is 302 g/mol. The number of rotatable bonds is 5. The lowest BCUT2D eigenvalue weighted by atomic mass is 9.85. The van der Waals surface area contributed by atoms with Gasteiger partial charge < -0.3 is 9.15 Å². The lowest BCUT2D eigenvalue weighted by molar-refractivity contribution is 0.114. The molecule has 2 heterocycles. The topological polar surface area (TPSA) is 51.4 Å². The summed E-state index contributed by atoms with van der Waals surface area (Å²) in [5.74, 6) is 3.09. The van der Waals surface area contributed by atoms with Crippen LogP contribution in [0, 0.1) is 0 Å². The lowest BCUT2D eigenvalue weighted by Crippen LogP contribution is -2.33. The van der Waals surface area contributed by atoms with E-state index in [4.69, 9.17) is 9.15 Å². The van der Waals surface area contributed by atoms with Gasteiger partial charge in [-0.2, -0.15) is 0 Å². The van der Waals surface area contributed by atoms with Crippen molar-refractivity contribution in [2.75, 3.05) is 13.7 Å². The van der Waals surface area contributed by atoms with Crippen molar-refractivity contribution in [1.82, 2.24) is 15.1 Å². The van der Waals surface area contributed by atoms with Crippen LogP contribution in [0.2, 0.25) is 0 Å². The third-order valence-electron chi connectivity index (χ3n) is 5.38. The summed E-state index contributed by atoms with van der Waals surface area (Å²) >= 11 is 0. The molecule has 1 aliphatic heterocycles. The second-order valence-corrected chi connectivity index (χ2v) is 6.90. The van der Waals surface area contributed by atoms with Gasteiger partial charge in [-0.25, -0.2) is 0 Å². The maximum Gasteiger partial charge on any atom is 0.233 e. The van der Waals surface area contributed by atoms with Crippen LogP contribution in [-0.4, -0.2) is 28.8 Å². The Morgan fingerprint density at radius 1 is 1.08 bits per heavy atom. The minimum absolute atomic E-state index is 0.227. The monoisotopic (exact) mass is 327 g/mol. The van der Waals surface area contributed by atoms with Crippen LogP contribution in [0.15, 0.2) is 28.7 Å². The molecule has 1 saturated carbocycles. The number of nitrogens with zero attached hydrogens (tertiary/aromatic N) is 3. The molecule has 0 amide bonds. The molecule has 0 bridgehead atoms. The van der Waals surface area contributed by atoms with Crippen molar-refractivity contribution in [3.05, 3.63) is 41.6 Å². The summed E-state index contributed by atoms with van der Waals surface area (Å²) in [5, 5.41) is 8.71. The zero-order chi connectivity index (χ0) is 16.4. The molecule has 4 rings (SSSR count). The van der Waals surface area contributed by atoms with Crippen LogP contribution in [0.4, 0.5) is 0 Å². The van der Waals surface area contributed by atoms with Crippen molar-refractivity contribution in [3.63, 3.8) is 0 Å². The van der Waals surface area contributed by atoms with Crippen molar-refractivity contribution >= 4 is 0 Å². The molecule has 0 spiro atoms. The first kappa shape index (κ1) is 15.6. The van der Waals surface area contributed by atoms with Gasteiger partial charge in [-0.15, -0.1) is 10.2 Å². The highest BCUT2D eigenvalue weighted by molar-refractivity contribution is 5.33. The molecule has 1 aromatic carbocycles.